The summed E-state index contributed by atoms with van der Waals surface area (Å²) in [5, 5.41) is 15.5. The number of aromatic nitrogens is 2. The van der Waals surface area contributed by atoms with Crippen LogP contribution in [0.1, 0.15) is 42.8 Å². The topological polar surface area (TPSA) is 84.2 Å². The van der Waals surface area contributed by atoms with Crippen molar-refractivity contribution < 1.29 is 23.5 Å². The summed E-state index contributed by atoms with van der Waals surface area (Å²) in [6, 6.07) is -0.167. The van der Waals surface area contributed by atoms with Crippen LogP contribution in [-0.4, -0.2) is 32.8 Å². The van der Waals surface area contributed by atoms with Gasteiger partial charge in [-0.3, -0.25) is 9.59 Å². The molecule has 1 saturated carbocycles. The van der Waals surface area contributed by atoms with E-state index in [1.165, 1.54) is 6.92 Å². The molecule has 1 amide bonds. The average molecular weight is 315 g/mol. The molecule has 22 heavy (non-hydrogen) atoms. The molecule has 0 unspecified atom stereocenters. The smallest absolute Gasteiger partial charge is 0.333 e. The number of carboxylic acid groups (broad SMARTS) is 1. The molecule has 2 N–H and O–H groups in total. The molecule has 0 saturated heterocycles. The van der Waals surface area contributed by atoms with Gasteiger partial charge in [0.2, 0.25) is 5.91 Å². The van der Waals surface area contributed by atoms with Gasteiger partial charge in [-0.25, -0.2) is 4.68 Å². The lowest BCUT2D eigenvalue weighted by Crippen LogP contribution is -2.34. The summed E-state index contributed by atoms with van der Waals surface area (Å²) in [7, 11) is 0. The van der Waals surface area contributed by atoms with E-state index < -0.39 is 18.4 Å². The van der Waals surface area contributed by atoms with Crippen molar-refractivity contribution in [3.05, 3.63) is 17.0 Å². The molecule has 6 nitrogen and oxygen atoms in total. The van der Waals surface area contributed by atoms with Crippen molar-refractivity contribution in [3.8, 4) is 0 Å². The molecule has 1 aliphatic carbocycles. The van der Waals surface area contributed by atoms with Gasteiger partial charge >= 0.3 is 12.5 Å². The number of alkyl halides is 2. The first-order valence-corrected chi connectivity index (χ1v) is 7.14. The van der Waals surface area contributed by atoms with Gasteiger partial charge in [-0.1, -0.05) is 0 Å². The molecule has 2 rings (SSSR count). The Morgan fingerprint density at radius 1 is 1.41 bits per heavy atom. The van der Waals surface area contributed by atoms with Crippen LogP contribution < -0.4 is 5.32 Å². The second-order valence-corrected chi connectivity index (χ2v) is 5.66. The van der Waals surface area contributed by atoms with Gasteiger partial charge in [0.25, 0.3) is 0 Å². The van der Waals surface area contributed by atoms with Gasteiger partial charge in [-0.2, -0.15) is 13.9 Å². The summed E-state index contributed by atoms with van der Waals surface area (Å²) in [4.78, 5) is 22.9. The molecule has 1 aliphatic rings. The second kappa shape index (κ2) is 6.41. The Labute approximate surface area is 126 Å². The Bertz CT molecular complexity index is 586. The zero-order valence-corrected chi connectivity index (χ0v) is 12.5. The van der Waals surface area contributed by atoms with Crippen molar-refractivity contribution in [2.24, 2.45) is 5.92 Å². The quantitative estimate of drug-likeness (QED) is 0.868. The third-order valence-electron chi connectivity index (χ3n) is 4.14. The molecule has 0 bridgehead atoms. The van der Waals surface area contributed by atoms with E-state index in [4.69, 9.17) is 5.11 Å². The van der Waals surface area contributed by atoms with Crippen LogP contribution in [0.4, 0.5) is 8.78 Å². The highest BCUT2D eigenvalue weighted by Gasteiger charge is 2.30. The maximum absolute atomic E-state index is 12.7. The third-order valence-corrected chi connectivity index (χ3v) is 4.14. The van der Waals surface area contributed by atoms with Crippen molar-refractivity contribution in [2.75, 3.05) is 0 Å². The van der Waals surface area contributed by atoms with Crippen LogP contribution in [0.2, 0.25) is 0 Å². The molecular weight excluding hydrogens is 296 g/mol. The number of carbonyl (C=O) groups is 2. The van der Waals surface area contributed by atoms with Crippen molar-refractivity contribution in [1.29, 1.82) is 0 Å². The second-order valence-electron chi connectivity index (χ2n) is 5.66. The number of carboxylic acids is 1. The molecule has 0 radical (unpaired) electrons. The summed E-state index contributed by atoms with van der Waals surface area (Å²) in [5.41, 5.74) is 1.17. The first-order valence-electron chi connectivity index (χ1n) is 7.14. The number of nitrogens with zero attached hydrogens (tertiary/aromatic N) is 2. The number of hydrogen-bond donors (Lipinski definition) is 2. The summed E-state index contributed by atoms with van der Waals surface area (Å²) in [5.74, 6) is -1.56. The zero-order valence-electron chi connectivity index (χ0n) is 12.5. The molecule has 1 aromatic heterocycles. The molecule has 1 aromatic rings. The van der Waals surface area contributed by atoms with E-state index in [1.54, 1.807) is 6.92 Å². The lowest BCUT2D eigenvalue weighted by atomic mass is 10.1. The molecule has 1 heterocycles. The summed E-state index contributed by atoms with van der Waals surface area (Å²) >= 11 is 0. The van der Waals surface area contributed by atoms with E-state index in [2.05, 4.69) is 10.4 Å². The van der Waals surface area contributed by atoms with Crippen LogP contribution in [0.5, 0.6) is 0 Å². The monoisotopic (exact) mass is 315 g/mol. The standard InChI is InChI=1S/C14H19F2N3O3/c1-7-11(8(2)19(18-7)14(15)16)6-12(20)17-10-4-3-9(5-10)13(21)22/h9-10,14H,3-6H2,1-2H3,(H,17,20)(H,21,22)/t9-,10+/m0/s1. The van der Waals surface area contributed by atoms with Gasteiger partial charge in [0.05, 0.1) is 18.0 Å². The largest absolute Gasteiger partial charge is 0.481 e. The number of halogens is 2. The number of carbonyl (C=O) groups excluding carboxylic acids is 1. The predicted octanol–water partition coefficient (Wildman–Crippen LogP) is 1.81. The number of hydrogen-bond acceptors (Lipinski definition) is 3. The normalized spacial score (nSPS) is 21.3. The van der Waals surface area contributed by atoms with Crippen LogP contribution in [0.15, 0.2) is 0 Å². The molecule has 1 fully saturated rings. The van der Waals surface area contributed by atoms with Gasteiger partial charge in [-0.15, -0.1) is 0 Å². The first kappa shape index (κ1) is 16.4. The van der Waals surface area contributed by atoms with Crippen molar-refractivity contribution >= 4 is 11.9 Å². The van der Waals surface area contributed by atoms with Crippen LogP contribution in [0.25, 0.3) is 0 Å². The van der Waals surface area contributed by atoms with Gasteiger partial charge in [0.1, 0.15) is 0 Å². The van der Waals surface area contributed by atoms with Gasteiger partial charge in [-0.05, 0) is 33.1 Å². The van der Waals surface area contributed by atoms with E-state index in [1.807, 2.05) is 0 Å². The Morgan fingerprint density at radius 3 is 2.59 bits per heavy atom. The lowest BCUT2D eigenvalue weighted by Gasteiger charge is -2.12. The fourth-order valence-corrected chi connectivity index (χ4v) is 2.92. The minimum atomic E-state index is -2.73. The molecule has 2 atom stereocenters. The Morgan fingerprint density at radius 2 is 2.09 bits per heavy atom. The van der Waals surface area contributed by atoms with Gasteiger partial charge in [0, 0.05) is 17.3 Å². The highest BCUT2D eigenvalue weighted by molar-refractivity contribution is 5.79. The van der Waals surface area contributed by atoms with Gasteiger partial charge in [0.15, 0.2) is 0 Å². The summed E-state index contributed by atoms with van der Waals surface area (Å²) in [6.07, 6.45) is 1.55. The minimum Gasteiger partial charge on any atom is -0.481 e. The molecule has 0 aromatic carbocycles. The van der Waals surface area contributed by atoms with Crippen LogP contribution in [-0.2, 0) is 16.0 Å². The first-order chi connectivity index (χ1) is 10.3. The zero-order chi connectivity index (χ0) is 16.4. The van der Waals surface area contributed by atoms with Crippen LogP contribution in [0, 0.1) is 19.8 Å². The number of amides is 1. The van der Waals surface area contributed by atoms with E-state index in [9.17, 15) is 18.4 Å². The summed E-state index contributed by atoms with van der Waals surface area (Å²) < 4.78 is 26.1. The van der Waals surface area contributed by atoms with Crippen LogP contribution in [0.3, 0.4) is 0 Å². The Hall–Kier alpha value is -1.99. The van der Waals surface area contributed by atoms with Crippen molar-refractivity contribution in [3.63, 3.8) is 0 Å². The van der Waals surface area contributed by atoms with E-state index >= 15 is 0 Å². The minimum absolute atomic E-state index is 0.0291. The number of nitrogens with one attached hydrogen (secondary N) is 1. The van der Waals surface area contributed by atoms with E-state index in [0.717, 1.165) is 0 Å². The van der Waals surface area contributed by atoms with E-state index in [-0.39, 0.29) is 24.1 Å². The third kappa shape index (κ3) is 3.42. The van der Waals surface area contributed by atoms with Crippen LogP contribution >= 0.6 is 0 Å². The number of aliphatic carboxylic acids is 1. The number of aryl methyl sites for hydroxylation is 1. The molecular formula is C14H19F2N3O3. The van der Waals surface area contributed by atoms with Crippen molar-refractivity contribution in [1.82, 2.24) is 15.1 Å². The predicted molar refractivity (Wildman–Crippen MR) is 73.6 cm³/mol. The van der Waals surface area contributed by atoms with E-state index in [0.29, 0.717) is 35.2 Å². The lowest BCUT2D eigenvalue weighted by molar-refractivity contribution is -0.141. The SMILES string of the molecule is Cc1nn(C(F)F)c(C)c1CC(=O)N[C@@H]1CC[C@H](C(=O)O)C1. The molecule has 0 aliphatic heterocycles. The summed E-state index contributed by atoms with van der Waals surface area (Å²) in [6.45, 7) is 0.358. The average Bonchev–Trinajstić information content (AvgIpc) is 2.98. The highest BCUT2D eigenvalue weighted by Crippen LogP contribution is 2.26. The van der Waals surface area contributed by atoms with Gasteiger partial charge < -0.3 is 10.4 Å². The molecule has 122 valence electrons. The van der Waals surface area contributed by atoms with Crippen molar-refractivity contribution in [2.45, 2.75) is 52.1 Å². The Balaban J connectivity index is 1.97. The maximum Gasteiger partial charge on any atom is 0.333 e. The molecule has 0 spiro atoms. The fraction of sp³-hybridized carbons (Fsp3) is 0.643. The maximum atomic E-state index is 12.7. The highest BCUT2D eigenvalue weighted by atomic mass is 19.3. The molecule has 8 heteroatoms. The fourth-order valence-electron chi connectivity index (χ4n) is 2.92. The Kier molecular flexibility index (Phi) is 4.77. The number of rotatable bonds is 5.